The van der Waals surface area contributed by atoms with Crippen molar-refractivity contribution in [2.75, 3.05) is 43.5 Å². The summed E-state index contributed by atoms with van der Waals surface area (Å²) in [6.07, 6.45) is 0.459. The van der Waals surface area contributed by atoms with Crippen LogP contribution >= 0.6 is 0 Å². The fourth-order valence-corrected chi connectivity index (χ4v) is 4.03. The Kier molecular flexibility index (Phi) is 6.06. The number of fused-ring (bicyclic) bond motifs is 1. The first-order chi connectivity index (χ1) is 15.1. The Labute approximate surface area is 181 Å². The first-order valence-electron chi connectivity index (χ1n) is 10.4. The molecule has 0 aromatic heterocycles. The number of amides is 3. The molecule has 2 aromatic carbocycles. The Bertz CT molecular complexity index is 985. The average Bonchev–Trinajstić information content (AvgIpc) is 2.93. The van der Waals surface area contributed by atoms with E-state index in [9.17, 15) is 14.4 Å². The van der Waals surface area contributed by atoms with Crippen molar-refractivity contribution in [1.29, 1.82) is 0 Å². The first-order valence-corrected chi connectivity index (χ1v) is 10.4. The van der Waals surface area contributed by atoms with Gasteiger partial charge in [0.15, 0.2) is 0 Å². The maximum atomic E-state index is 12.7. The summed E-state index contributed by atoms with van der Waals surface area (Å²) >= 11 is 0. The molecule has 1 fully saturated rings. The highest BCUT2D eigenvalue weighted by Crippen LogP contribution is 2.28. The van der Waals surface area contributed by atoms with Crippen molar-refractivity contribution in [3.05, 3.63) is 54.1 Å². The minimum Gasteiger partial charge on any atom is -0.495 e. The topological polar surface area (TPSA) is 91.0 Å². The quantitative estimate of drug-likeness (QED) is 0.768. The smallest absolute Gasteiger partial charge is 0.254 e. The van der Waals surface area contributed by atoms with Gasteiger partial charge in [-0.15, -0.1) is 0 Å². The molecule has 0 saturated carbocycles. The summed E-state index contributed by atoms with van der Waals surface area (Å²) in [5, 5.41) is 5.52. The summed E-state index contributed by atoms with van der Waals surface area (Å²) in [5.74, 6) is 0.200. The van der Waals surface area contributed by atoms with Gasteiger partial charge in [0, 0.05) is 32.6 Å². The lowest BCUT2D eigenvalue weighted by molar-refractivity contribution is -0.131. The Morgan fingerprint density at radius 1 is 1.03 bits per heavy atom. The molecule has 4 rings (SSSR count). The van der Waals surface area contributed by atoms with Crippen LogP contribution in [0.2, 0.25) is 0 Å². The summed E-state index contributed by atoms with van der Waals surface area (Å²) in [6.45, 7) is 2.63. The number of hydrogen-bond donors (Lipinski definition) is 2. The van der Waals surface area contributed by atoms with Crippen molar-refractivity contribution < 1.29 is 19.1 Å². The standard InChI is InChI=1S/C23H26N4O4/c1-31-20-9-5-4-8-19(20)26-12-14-27(15-13-26)21(28)11-10-18-23(30)24-17-7-3-2-6-16(17)22(29)25-18/h2-9,18H,10-15H2,1H3,(H,24,30)(H,25,29)/t18-/m0/s1. The van der Waals surface area contributed by atoms with E-state index in [4.69, 9.17) is 4.74 Å². The van der Waals surface area contributed by atoms with Gasteiger partial charge in [-0.2, -0.15) is 0 Å². The van der Waals surface area contributed by atoms with Crippen LogP contribution in [-0.4, -0.2) is 62.0 Å². The van der Waals surface area contributed by atoms with E-state index >= 15 is 0 Å². The first kappa shape index (κ1) is 20.7. The van der Waals surface area contributed by atoms with Crippen LogP contribution in [0, 0.1) is 0 Å². The van der Waals surface area contributed by atoms with E-state index in [1.54, 1.807) is 31.4 Å². The summed E-state index contributed by atoms with van der Waals surface area (Å²) in [7, 11) is 1.65. The Balaban J connectivity index is 1.31. The van der Waals surface area contributed by atoms with Gasteiger partial charge in [0.2, 0.25) is 11.8 Å². The van der Waals surface area contributed by atoms with Gasteiger partial charge in [0.25, 0.3) is 5.91 Å². The van der Waals surface area contributed by atoms with Crippen molar-refractivity contribution in [2.24, 2.45) is 0 Å². The van der Waals surface area contributed by atoms with Crippen LogP contribution in [0.15, 0.2) is 48.5 Å². The molecule has 2 aromatic rings. The zero-order chi connectivity index (χ0) is 21.8. The van der Waals surface area contributed by atoms with E-state index < -0.39 is 6.04 Å². The molecule has 0 spiro atoms. The van der Waals surface area contributed by atoms with Crippen molar-refractivity contribution in [2.45, 2.75) is 18.9 Å². The minimum atomic E-state index is -0.737. The number of nitrogens with one attached hydrogen (secondary N) is 2. The molecular formula is C23H26N4O4. The van der Waals surface area contributed by atoms with Gasteiger partial charge in [0.05, 0.1) is 24.0 Å². The molecule has 162 valence electrons. The molecule has 8 nitrogen and oxygen atoms in total. The van der Waals surface area contributed by atoms with Gasteiger partial charge in [-0.1, -0.05) is 24.3 Å². The van der Waals surface area contributed by atoms with Crippen LogP contribution in [0.1, 0.15) is 23.2 Å². The Morgan fingerprint density at radius 3 is 2.52 bits per heavy atom. The number of benzene rings is 2. The van der Waals surface area contributed by atoms with Crippen LogP contribution in [0.25, 0.3) is 0 Å². The third-order valence-electron chi connectivity index (χ3n) is 5.76. The van der Waals surface area contributed by atoms with E-state index in [1.807, 2.05) is 29.2 Å². The predicted octanol–water partition coefficient (Wildman–Crippen LogP) is 1.87. The number of para-hydroxylation sites is 3. The highest BCUT2D eigenvalue weighted by atomic mass is 16.5. The molecule has 2 heterocycles. The van der Waals surface area contributed by atoms with Gasteiger partial charge in [-0.3, -0.25) is 14.4 Å². The van der Waals surface area contributed by atoms with Crippen LogP contribution < -0.4 is 20.3 Å². The largest absolute Gasteiger partial charge is 0.495 e. The molecular weight excluding hydrogens is 396 g/mol. The zero-order valence-corrected chi connectivity index (χ0v) is 17.5. The van der Waals surface area contributed by atoms with Crippen LogP contribution in [0.3, 0.4) is 0 Å². The highest BCUT2D eigenvalue weighted by molar-refractivity contribution is 6.09. The molecule has 2 aliphatic rings. The SMILES string of the molecule is COc1ccccc1N1CCN(C(=O)CC[C@@H]2NC(=O)c3ccccc3NC2=O)CC1. The number of nitrogens with zero attached hydrogens (tertiary/aromatic N) is 2. The normalized spacial score (nSPS) is 18.5. The molecule has 1 atom stereocenters. The molecule has 0 radical (unpaired) electrons. The minimum absolute atomic E-state index is 0.0107. The molecule has 31 heavy (non-hydrogen) atoms. The van der Waals surface area contributed by atoms with Crippen LogP contribution in [0.4, 0.5) is 11.4 Å². The van der Waals surface area contributed by atoms with Crippen molar-refractivity contribution in [1.82, 2.24) is 10.2 Å². The van der Waals surface area contributed by atoms with Gasteiger partial charge in [-0.25, -0.2) is 0 Å². The number of methoxy groups -OCH3 is 1. The number of piperazine rings is 1. The molecule has 1 saturated heterocycles. The maximum Gasteiger partial charge on any atom is 0.254 e. The van der Waals surface area contributed by atoms with Crippen molar-refractivity contribution in [3.8, 4) is 5.75 Å². The lowest BCUT2D eigenvalue weighted by Crippen LogP contribution is -2.49. The van der Waals surface area contributed by atoms with Gasteiger partial charge in [0.1, 0.15) is 11.8 Å². The molecule has 8 heteroatoms. The number of ether oxygens (including phenoxy) is 1. The number of rotatable bonds is 5. The average molecular weight is 422 g/mol. The number of hydrogen-bond acceptors (Lipinski definition) is 5. The monoisotopic (exact) mass is 422 g/mol. The fourth-order valence-electron chi connectivity index (χ4n) is 4.03. The van der Waals surface area contributed by atoms with E-state index in [1.165, 1.54) is 0 Å². The zero-order valence-electron chi connectivity index (χ0n) is 17.5. The second-order valence-electron chi connectivity index (χ2n) is 7.64. The second-order valence-corrected chi connectivity index (χ2v) is 7.64. The lowest BCUT2D eigenvalue weighted by atomic mass is 10.1. The fraction of sp³-hybridized carbons (Fsp3) is 0.348. The maximum absolute atomic E-state index is 12.7. The number of carbonyl (C=O) groups is 3. The lowest BCUT2D eigenvalue weighted by Gasteiger charge is -2.36. The summed E-state index contributed by atoms with van der Waals surface area (Å²) < 4.78 is 5.44. The van der Waals surface area contributed by atoms with Gasteiger partial charge in [-0.05, 0) is 30.7 Å². The molecule has 0 unspecified atom stereocenters. The molecule has 2 N–H and O–H groups in total. The van der Waals surface area contributed by atoms with Crippen molar-refractivity contribution in [3.63, 3.8) is 0 Å². The third-order valence-corrected chi connectivity index (χ3v) is 5.76. The molecule has 2 aliphatic heterocycles. The second kappa shape index (κ2) is 9.07. The van der Waals surface area contributed by atoms with E-state index in [0.29, 0.717) is 37.4 Å². The molecule has 0 bridgehead atoms. The molecule has 0 aliphatic carbocycles. The van der Waals surface area contributed by atoms with Crippen LogP contribution in [0.5, 0.6) is 5.75 Å². The van der Waals surface area contributed by atoms with E-state index in [2.05, 4.69) is 15.5 Å². The highest BCUT2D eigenvalue weighted by Gasteiger charge is 2.29. The van der Waals surface area contributed by atoms with E-state index in [-0.39, 0.29) is 30.6 Å². The predicted molar refractivity (Wildman–Crippen MR) is 117 cm³/mol. The number of carbonyl (C=O) groups excluding carboxylic acids is 3. The summed E-state index contributed by atoms with van der Waals surface area (Å²) in [5.41, 5.74) is 1.94. The van der Waals surface area contributed by atoms with Gasteiger partial charge < -0.3 is 25.2 Å². The summed E-state index contributed by atoms with van der Waals surface area (Å²) in [4.78, 5) is 41.7. The van der Waals surface area contributed by atoms with Gasteiger partial charge >= 0.3 is 0 Å². The Morgan fingerprint density at radius 2 is 1.74 bits per heavy atom. The van der Waals surface area contributed by atoms with Crippen molar-refractivity contribution >= 4 is 29.1 Å². The van der Waals surface area contributed by atoms with E-state index in [0.717, 1.165) is 11.4 Å². The third kappa shape index (κ3) is 4.47. The number of anilines is 2. The molecule has 3 amide bonds. The van der Waals surface area contributed by atoms with Crippen LogP contribution in [-0.2, 0) is 9.59 Å². The summed E-state index contributed by atoms with van der Waals surface area (Å²) in [6, 6.07) is 14.0. The Hall–Kier alpha value is -3.55.